The maximum Gasteiger partial charge on any atom is 0.221 e. The summed E-state index contributed by atoms with van der Waals surface area (Å²) in [6, 6.07) is 2.47. The first-order valence-corrected chi connectivity index (χ1v) is 7.77. The summed E-state index contributed by atoms with van der Waals surface area (Å²) in [4.78, 5) is 8.05. The third-order valence-corrected chi connectivity index (χ3v) is 4.59. The summed E-state index contributed by atoms with van der Waals surface area (Å²) in [6.45, 7) is 4.31. The van der Waals surface area contributed by atoms with E-state index in [1.807, 2.05) is 6.07 Å². The number of nitrogens with zero attached hydrogens (tertiary/aromatic N) is 2. The number of nitrogens with one attached hydrogen (secondary N) is 1. The van der Waals surface area contributed by atoms with Gasteiger partial charge >= 0.3 is 0 Å². The fourth-order valence-electron chi connectivity index (χ4n) is 2.97. The van der Waals surface area contributed by atoms with E-state index in [0.717, 1.165) is 34.7 Å². The van der Waals surface area contributed by atoms with Crippen molar-refractivity contribution in [3.63, 3.8) is 0 Å². The number of rotatable bonds is 2. The van der Waals surface area contributed by atoms with E-state index in [4.69, 9.17) is 23.1 Å². The molecule has 6 heteroatoms. The lowest BCUT2D eigenvalue weighted by atomic mass is 9.90. The van der Waals surface area contributed by atoms with Crippen LogP contribution in [0.2, 0.25) is 5.02 Å². The van der Waals surface area contributed by atoms with E-state index in [0.29, 0.717) is 18.3 Å². The van der Waals surface area contributed by atoms with Gasteiger partial charge in [-0.3, -0.25) is 0 Å². The lowest BCUT2D eigenvalue weighted by Gasteiger charge is -2.28. The molecule has 0 saturated heterocycles. The second-order valence-corrected chi connectivity index (χ2v) is 6.30. The summed E-state index contributed by atoms with van der Waals surface area (Å²) in [5, 5.41) is 4.24. The van der Waals surface area contributed by atoms with Crippen LogP contribution < -0.4 is 16.8 Å². The van der Waals surface area contributed by atoms with Crippen molar-refractivity contribution in [2.75, 3.05) is 16.8 Å². The van der Waals surface area contributed by atoms with Gasteiger partial charge in [0.25, 0.3) is 0 Å². The molecule has 0 fully saturated rings. The maximum absolute atomic E-state index is 6.47. The van der Waals surface area contributed by atoms with Crippen molar-refractivity contribution in [3.05, 3.63) is 39.5 Å². The molecule has 0 radical (unpaired) electrons. The Labute approximate surface area is 135 Å². The minimum Gasteiger partial charge on any atom is -0.383 e. The zero-order chi connectivity index (χ0) is 15.9. The molecule has 2 heterocycles. The number of hydrogen-bond acceptors (Lipinski definition) is 5. The van der Waals surface area contributed by atoms with E-state index >= 15 is 0 Å². The van der Waals surface area contributed by atoms with Crippen LogP contribution in [0.15, 0.2) is 12.3 Å². The minimum absolute atomic E-state index is 0.194. The Morgan fingerprint density at radius 2 is 2.14 bits per heavy atom. The SMILES string of the molecule is Cc1c(Cc2cnc(N)nc2N)cc(Cl)c2c1CCC(C)N2. The highest BCUT2D eigenvalue weighted by atomic mass is 35.5. The van der Waals surface area contributed by atoms with Crippen molar-refractivity contribution in [2.24, 2.45) is 0 Å². The molecule has 2 aromatic rings. The number of aromatic nitrogens is 2. The minimum atomic E-state index is 0.194. The standard InChI is InChI=1S/C16H20ClN5/c1-8-3-4-12-9(2)10(6-13(17)14(12)21-8)5-11-7-20-16(19)22-15(11)18/h6-8,21H,3-5H2,1-2H3,(H4,18,19,20,22). The average Bonchev–Trinajstić information content (AvgIpc) is 2.47. The summed E-state index contributed by atoms with van der Waals surface area (Å²) in [6.07, 6.45) is 4.49. The van der Waals surface area contributed by atoms with Gasteiger partial charge in [-0.15, -0.1) is 0 Å². The highest BCUT2D eigenvalue weighted by molar-refractivity contribution is 6.33. The van der Waals surface area contributed by atoms with E-state index in [1.54, 1.807) is 6.20 Å². The molecule has 0 amide bonds. The Hall–Kier alpha value is -2.01. The van der Waals surface area contributed by atoms with Gasteiger partial charge in [-0.2, -0.15) is 4.98 Å². The molecule has 0 bridgehead atoms. The third-order valence-electron chi connectivity index (χ3n) is 4.29. The number of fused-ring (bicyclic) bond motifs is 1. The van der Waals surface area contributed by atoms with Crippen LogP contribution in [0.4, 0.5) is 17.5 Å². The van der Waals surface area contributed by atoms with Crippen LogP contribution in [0.1, 0.15) is 35.6 Å². The summed E-state index contributed by atoms with van der Waals surface area (Å²) < 4.78 is 0. The molecule has 5 nitrogen and oxygen atoms in total. The second-order valence-electron chi connectivity index (χ2n) is 5.90. The van der Waals surface area contributed by atoms with Crippen molar-refractivity contribution < 1.29 is 0 Å². The molecule has 0 aliphatic carbocycles. The molecule has 1 aliphatic rings. The summed E-state index contributed by atoms with van der Waals surface area (Å²) in [7, 11) is 0. The molecule has 1 aromatic carbocycles. The molecule has 116 valence electrons. The van der Waals surface area contributed by atoms with Crippen LogP contribution in [0.3, 0.4) is 0 Å². The van der Waals surface area contributed by atoms with Gasteiger partial charge in [0.1, 0.15) is 5.82 Å². The number of anilines is 3. The van der Waals surface area contributed by atoms with Crippen molar-refractivity contribution in [1.82, 2.24) is 9.97 Å². The van der Waals surface area contributed by atoms with Crippen LogP contribution in [-0.2, 0) is 12.8 Å². The third kappa shape index (κ3) is 2.68. The van der Waals surface area contributed by atoms with Gasteiger partial charge in [-0.05, 0) is 49.4 Å². The second kappa shape index (κ2) is 5.65. The van der Waals surface area contributed by atoms with Crippen molar-refractivity contribution in [2.45, 2.75) is 39.2 Å². The van der Waals surface area contributed by atoms with E-state index in [-0.39, 0.29) is 5.95 Å². The fourth-order valence-corrected chi connectivity index (χ4v) is 3.27. The molecule has 0 saturated carbocycles. The molecule has 5 N–H and O–H groups in total. The van der Waals surface area contributed by atoms with Gasteiger partial charge in [-0.25, -0.2) is 4.98 Å². The highest BCUT2D eigenvalue weighted by Gasteiger charge is 2.21. The Morgan fingerprint density at radius 1 is 1.36 bits per heavy atom. The first-order chi connectivity index (χ1) is 10.5. The topological polar surface area (TPSA) is 89.8 Å². The van der Waals surface area contributed by atoms with E-state index in [1.165, 1.54) is 11.1 Å². The Morgan fingerprint density at radius 3 is 2.86 bits per heavy atom. The van der Waals surface area contributed by atoms with Crippen LogP contribution in [-0.4, -0.2) is 16.0 Å². The van der Waals surface area contributed by atoms with Crippen LogP contribution in [0.25, 0.3) is 0 Å². The van der Waals surface area contributed by atoms with Gasteiger partial charge in [0.2, 0.25) is 5.95 Å². The summed E-state index contributed by atoms with van der Waals surface area (Å²) in [5.41, 5.74) is 17.1. The largest absolute Gasteiger partial charge is 0.383 e. The Bertz CT molecular complexity index is 729. The Balaban J connectivity index is 2.00. The quantitative estimate of drug-likeness (QED) is 0.792. The van der Waals surface area contributed by atoms with Gasteiger partial charge in [0.05, 0.1) is 10.7 Å². The maximum atomic E-state index is 6.47. The van der Waals surface area contributed by atoms with Crippen molar-refractivity contribution >= 4 is 29.1 Å². The molecule has 1 unspecified atom stereocenters. The number of hydrogen-bond donors (Lipinski definition) is 3. The lowest BCUT2D eigenvalue weighted by Crippen LogP contribution is -2.23. The highest BCUT2D eigenvalue weighted by Crippen LogP contribution is 2.37. The van der Waals surface area contributed by atoms with Crippen molar-refractivity contribution in [1.29, 1.82) is 0 Å². The monoisotopic (exact) mass is 317 g/mol. The molecule has 1 aromatic heterocycles. The normalized spacial score (nSPS) is 17.0. The molecule has 22 heavy (non-hydrogen) atoms. The molecule has 3 rings (SSSR count). The Kier molecular flexibility index (Phi) is 3.83. The number of halogens is 1. The first-order valence-electron chi connectivity index (χ1n) is 7.40. The molecule has 1 aliphatic heterocycles. The molecule has 0 spiro atoms. The zero-order valence-electron chi connectivity index (χ0n) is 12.8. The molecular weight excluding hydrogens is 298 g/mol. The van der Waals surface area contributed by atoms with Gasteiger partial charge in [-0.1, -0.05) is 11.6 Å². The molecular formula is C16H20ClN5. The van der Waals surface area contributed by atoms with Gasteiger partial charge in [0, 0.05) is 24.2 Å². The van der Waals surface area contributed by atoms with Gasteiger partial charge in [0.15, 0.2) is 0 Å². The van der Waals surface area contributed by atoms with E-state index in [9.17, 15) is 0 Å². The number of benzene rings is 1. The predicted molar refractivity (Wildman–Crippen MR) is 91.3 cm³/mol. The van der Waals surface area contributed by atoms with E-state index < -0.39 is 0 Å². The van der Waals surface area contributed by atoms with Crippen LogP contribution in [0.5, 0.6) is 0 Å². The predicted octanol–water partition coefficient (Wildman–Crippen LogP) is 2.94. The number of nitrogen functional groups attached to an aromatic ring is 2. The zero-order valence-corrected chi connectivity index (χ0v) is 13.5. The van der Waals surface area contributed by atoms with Crippen molar-refractivity contribution in [3.8, 4) is 0 Å². The lowest BCUT2D eigenvalue weighted by molar-refractivity contribution is 0.677. The van der Waals surface area contributed by atoms with E-state index in [2.05, 4.69) is 29.1 Å². The number of nitrogens with two attached hydrogens (primary N) is 2. The average molecular weight is 318 g/mol. The summed E-state index contributed by atoms with van der Waals surface area (Å²) in [5.74, 6) is 0.618. The fraction of sp³-hybridized carbons (Fsp3) is 0.375. The van der Waals surface area contributed by atoms with Gasteiger partial charge < -0.3 is 16.8 Å². The summed E-state index contributed by atoms with van der Waals surface area (Å²) >= 11 is 6.47. The molecule has 1 atom stereocenters. The first kappa shape index (κ1) is 14.9. The van der Waals surface area contributed by atoms with Crippen LogP contribution >= 0.6 is 11.6 Å². The van der Waals surface area contributed by atoms with Crippen LogP contribution in [0, 0.1) is 6.92 Å². The smallest absolute Gasteiger partial charge is 0.221 e.